The van der Waals surface area contributed by atoms with E-state index in [-0.39, 0.29) is 0 Å². The molecule has 3 aromatic carbocycles. The molecule has 0 saturated carbocycles. The van der Waals surface area contributed by atoms with Gasteiger partial charge in [-0.05, 0) is 73.0 Å². The summed E-state index contributed by atoms with van der Waals surface area (Å²) in [5, 5.41) is 6.30. The van der Waals surface area contributed by atoms with Crippen molar-refractivity contribution in [3.63, 3.8) is 0 Å². The van der Waals surface area contributed by atoms with E-state index in [9.17, 15) is 0 Å². The van der Waals surface area contributed by atoms with E-state index in [2.05, 4.69) is 54.4 Å². The minimum Gasteiger partial charge on any atom is -0.337 e. The minimum atomic E-state index is 0.739. The van der Waals surface area contributed by atoms with Gasteiger partial charge >= 0.3 is 0 Å². The summed E-state index contributed by atoms with van der Waals surface area (Å²) in [5.74, 6) is 0.839. The lowest BCUT2D eigenvalue weighted by Gasteiger charge is -2.03. The van der Waals surface area contributed by atoms with Crippen LogP contribution < -0.4 is 0 Å². The average molecular weight is 493 g/mol. The first kappa shape index (κ1) is 15.8. The molecule has 0 unspecified atom stereocenters. The fraction of sp³-hybridized carbons (Fsp3) is 0. The molecule has 0 fully saturated rings. The first-order valence-electron chi connectivity index (χ1n) is 7.56. The summed E-state index contributed by atoms with van der Waals surface area (Å²) in [5.41, 5.74) is 3.06. The van der Waals surface area contributed by atoms with Crippen molar-refractivity contribution in [2.45, 2.75) is 0 Å². The Bertz CT molecular complexity index is 1270. The van der Waals surface area contributed by atoms with Crippen LogP contribution in [0.25, 0.3) is 43.3 Å². The molecule has 122 valence electrons. The molecule has 5 aromatic rings. The Morgan fingerprint density at radius 3 is 2.56 bits per heavy atom. The van der Waals surface area contributed by atoms with Gasteiger partial charge in [0.25, 0.3) is 0 Å². The summed E-state index contributed by atoms with van der Waals surface area (Å²) in [6.07, 6.45) is 0. The summed E-state index contributed by atoms with van der Waals surface area (Å²) < 4.78 is 3.19. The number of nitrogens with one attached hydrogen (secondary N) is 1. The number of benzene rings is 3. The Hall–Kier alpha value is -1.40. The van der Waals surface area contributed by atoms with Crippen molar-refractivity contribution in [3.8, 4) is 11.4 Å². The highest BCUT2D eigenvalue weighted by molar-refractivity contribution is 9.11. The van der Waals surface area contributed by atoms with Gasteiger partial charge in [0.2, 0.25) is 0 Å². The molecule has 1 N–H and O–H groups in total. The monoisotopic (exact) mass is 490 g/mol. The van der Waals surface area contributed by atoms with Crippen molar-refractivity contribution >= 4 is 86.7 Å². The van der Waals surface area contributed by atoms with Gasteiger partial charge in [-0.15, -0.1) is 11.3 Å². The molecular weight excluding hydrogens is 484 g/mol. The van der Waals surface area contributed by atoms with E-state index in [4.69, 9.17) is 16.6 Å². The molecule has 6 heteroatoms. The number of H-pyrrole nitrogens is 1. The van der Waals surface area contributed by atoms with Crippen LogP contribution in [0.5, 0.6) is 0 Å². The second-order valence-electron chi connectivity index (χ2n) is 5.76. The lowest BCUT2D eigenvalue weighted by molar-refractivity contribution is 1.32. The molecule has 25 heavy (non-hydrogen) atoms. The summed E-state index contributed by atoms with van der Waals surface area (Å²) in [7, 11) is 0. The maximum Gasteiger partial charge on any atom is 0.140 e. The van der Waals surface area contributed by atoms with E-state index in [1.807, 2.05) is 30.3 Å². The normalized spacial score (nSPS) is 11.8. The molecule has 0 aliphatic carbocycles. The maximum atomic E-state index is 6.24. The highest BCUT2D eigenvalue weighted by Gasteiger charge is 2.17. The second kappa shape index (κ2) is 5.81. The smallest absolute Gasteiger partial charge is 0.140 e. The summed E-state index contributed by atoms with van der Waals surface area (Å²) in [4.78, 5) is 8.48. The molecule has 2 heterocycles. The molecule has 0 amide bonds. The predicted molar refractivity (Wildman–Crippen MR) is 115 cm³/mol. The molecule has 0 aliphatic rings. The van der Waals surface area contributed by atoms with Crippen LogP contribution in [0.15, 0.2) is 56.8 Å². The van der Waals surface area contributed by atoms with Gasteiger partial charge in [-0.2, -0.15) is 0 Å². The third-order valence-corrected chi connectivity index (χ3v) is 6.81. The molecule has 0 aliphatic heterocycles. The Labute approximate surface area is 169 Å². The van der Waals surface area contributed by atoms with Crippen LogP contribution in [-0.4, -0.2) is 9.97 Å². The summed E-state index contributed by atoms with van der Waals surface area (Å²) in [6, 6.07) is 14.2. The average Bonchev–Trinajstić information content (AvgIpc) is 3.21. The van der Waals surface area contributed by atoms with Gasteiger partial charge in [0.05, 0.1) is 15.7 Å². The van der Waals surface area contributed by atoms with Crippen LogP contribution in [0.1, 0.15) is 0 Å². The van der Waals surface area contributed by atoms with E-state index in [0.717, 1.165) is 47.2 Å². The largest absolute Gasteiger partial charge is 0.337 e. The van der Waals surface area contributed by atoms with Crippen LogP contribution in [-0.2, 0) is 0 Å². The number of imidazole rings is 1. The first-order chi connectivity index (χ1) is 12.1. The van der Waals surface area contributed by atoms with E-state index in [0.29, 0.717) is 0 Å². The third-order valence-electron chi connectivity index (χ3n) is 4.32. The lowest BCUT2D eigenvalue weighted by Crippen LogP contribution is -1.84. The summed E-state index contributed by atoms with van der Waals surface area (Å²) in [6.45, 7) is 0. The lowest BCUT2D eigenvalue weighted by atomic mass is 10.1. The number of aromatic nitrogens is 2. The van der Waals surface area contributed by atoms with Gasteiger partial charge in [-0.25, -0.2) is 4.98 Å². The Morgan fingerprint density at radius 2 is 1.76 bits per heavy atom. The zero-order chi connectivity index (χ0) is 17.1. The number of thiophene rings is 1. The molecule has 2 aromatic heterocycles. The number of hydrogen-bond acceptors (Lipinski definition) is 2. The summed E-state index contributed by atoms with van der Waals surface area (Å²) >= 11 is 15.2. The number of halogens is 3. The maximum absolute atomic E-state index is 6.24. The van der Waals surface area contributed by atoms with Crippen LogP contribution in [0.3, 0.4) is 0 Å². The van der Waals surface area contributed by atoms with E-state index < -0.39 is 0 Å². The molecule has 0 spiro atoms. The number of aromatic amines is 1. The third kappa shape index (κ3) is 2.37. The van der Waals surface area contributed by atoms with Gasteiger partial charge in [0.15, 0.2) is 0 Å². The fourth-order valence-electron chi connectivity index (χ4n) is 3.24. The minimum absolute atomic E-state index is 0.739. The number of fused-ring (bicyclic) bond motifs is 6. The van der Waals surface area contributed by atoms with Gasteiger partial charge in [-0.3, -0.25) is 0 Å². The molecule has 0 atom stereocenters. The van der Waals surface area contributed by atoms with Crippen LogP contribution >= 0.6 is 54.8 Å². The molecule has 0 radical (unpaired) electrons. The fourth-order valence-corrected chi connectivity index (χ4v) is 5.69. The van der Waals surface area contributed by atoms with Crippen molar-refractivity contribution in [1.82, 2.24) is 9.97 Å². The highest BCUT2D eigenvalue weighted by atomic mass is 79.9. The van der Waals surface area contributed by atoms with Crippen LogP contribution in [0, 0.1) is 0 Å². The topological polar surface area (TPSA) is 28.7 Å². The molecule has 0 saturated heterocycles. The van der Waals surface area contributed by atoms with Crippen molar-refractivity contribution in [3.05, 3.63) is 61.8 Å². The number of hydrogen-bond donors (Lipinski definition) is 1. The van der Waals surface area contributed by atoms with Gasteiger partial charge in [-0.1, -0.05) is 23.7 Å². The van der Waals surface area contributed by atoms with E-state index in [1.54, 1.807) is 11.3 Å². The van der Waals surface area contributed by atoms with Crippen molar-refractivity contribution in [2.24, 2.45) is 0 Å². The molecule has 0 bridgehead atoms. The molecular formula is C19H9Br2ClN2S. The Kier molecular flexibility index (Phi) is 3.68. The SMILES string of the molecule is Clc1ccc2c(c1)c1ccsc1c1[nH]c(-c3c(Br)cccc3Br)nc21. The zero-order valence-corrected chi connectivity index (χ0v) is 17.4. The molecule has 2 nitrogen and oxygen atoms in total. The quantitative estimate of drug-likeness (QED) is 0.254. The Balaban J connectivity index is 1.96. The van der Waals surface area contributed by atoms with Gasteiger partial charge in [0.1, 0.15) is 5.82 Å². The molecule has 5 rings (SSSR count). The van der Waals surface area contributed by atoms with Crippen molar-refractivity contribution in [2.75, 3.05) is 0 Å². The van der Waals surface area contributed by atoms with E-state index >= 15 is 0 Å². The predicted octanol–water partition coefficient (Wildman–Crippen LogP) is 7.78. The van der Waals surface area contributed by atoms with E-state index in [1.165, 1.54) is 10.1 Å². The number of rotatable bonds is 1. The Morgan fingerprint density at radius 1 is 0.960 bits per heavy atom. The number of nitrogens with zero attached hydrogens (tertiary/aromatic N) is 1. The van der Waals surface area contributed by atoms with Gasteiger partial charge in [0, 0.05) is 30.3 Å². The second-order valence-corrected chi connectivity index (χ2v) is 8.82. The van der Waals surface area contributed by atoms with Crippen molar-refractivity contribution < 1.29 is 0 Å². The standard InChI is InChI=1S/C19H9Br2ClN2S/c20-13-2-1-3-14(21)15(13)19-23-16-10-5-4-9(22)8-12(10)11-6-7-25-18(11)17(16)24-19/h1-8H,(H,23,24). The van der Waals surface area contributed by atoms with Crippen molar-refractivity contribution in [1.29, 1.82) is 0 Å². The van der Waals surface area contributed by atoms with Crippen LogP contribution in [0.2, 0.25) is 5.02 Å². The first-order valence-corrected chi connectivity index (χ1v) is 10.4. The van der Waals surface area contributed by atoms with Gasteiger partial charge < -0.3 is 4.98 Å². The zero-order valence-electron chi connectivity index (χ0n) is 12.6. The highest BCUT2D eigenvalue weighted by Crippen LogP contribution is 2.41. The van der Waals surface area contributed by atoms with Crippen LogP contribution in [0.4, 0.5) is 0 Å².